The smallest absolute Gasteiger partial charge is 0.124 e. The Morgan fingerprint density at radius 1 is 1.05 bits per heavy atom. The van der Waals surface area contributed by atoms with E-state index < -0.39 is 6.10 Å². The summed E-state index contributed by atoms with van der Waals surface area (Å²) in [7, 11) is 1.68. The third kappa shape index (κ3) is 3.15. The van der Waals surface area contributed by atoms with Crippen LogP contribution in [-0.4, -0.2) is 12.2 Å². The second-order valence-electron chi connectivity index (χ2n) is 4.89. The molecule has 0 spiro atoms. The van der Waals surface area contributed by atoms with Gasteiger partial charge in [0.15, 0.2) is 0 Å². The van der Waals surface area contributed by atoms with Crippen molar-refractivity contribution in [2.75, 3.05) is 7.11 Å². The highest BCUT2D eigenvalue weighted by molar-refractivity contribution is 5.44. The van der Waals surface area contributed by atoms with Crippen molar-refractivity contribution in [1.29, 1.82) is 0 Å². The summed E-state index contributed by atoms with van der Waals surface area (Å²) < 4.78 is 5.35. The molecular formula is C17H20O2. The number of hydrogen-bond donors (Lipinski definition) is 1. The third-order valence-corrected chi connectivity index (χ3v) is 3.34. The van der Waals surface area contributed by atoms with Crippen molar-refractivity contribution in [3.63, 3.8) is 0 Å². The highest BCUT2D eigenvalue weighted by Gasteiger charge is 2.12. The first-order valence-corrected chi connectivity index (χ1v) is 6.49. The molecule has 0 aliphatic carbocycles. The van der Waals surface area contributed by atoms with Crippen LogP contribution in [0, 0.1) is 13.8 Å². The van der Waals surface area contributed by atoms with E-state index in [2.05, 4.69) is 0 Å². The van der Waals surface area contributed by atoms with Gasteiger partial charge in [0.05, 0.1) is 13.2 Å². The zero-order chi connectivity index (χ0) is 13.8. The quantitative estimate of drug-likeness (QED) is 0.906. The molecule has 0 heterocycles. The van der Waals surface area contributed by atoms with Gasteiger partial charge in [0, 0.05) is 6.42 Å². The molecule has 1 atom stereocenters. The zero-order valence-electron chi connectivity index (χ0n) is 11.7. The largest absolute Gasteiger partial charge is 0.496 e. The van der Waals surface area contributed by atoms with Crippen LogP contribution in [0.2, 0.25) is 0 Å². The van der Waals surface area contributed by atoms with Crippen LogP contribution in [0.25, 0.3) is 0 Å². The Kier molecular flexibility index (Phi) is 4.23. The molecular weight excluding hydrogens is 236 g/mol. The van der Waals surface area contributed by atoms with E-state index in [0.29, 0.717) is 6.42 Å². The number of aliphatic hydroxyl groups excluding tert-OH is 1. The molecule has 2 rings (SSSR count). The molecule has 19 heavy (non-hydrogen) atoms. The summed E-state index contributed by atoms with van der Waals surface area (Å²) in [5, 5.41) is 10.3. The first kappa shape index (κ1) is 13.6. The van der Waals surface area contributed by atoms with Gasteiger partial charge in [0.25, 0.3) is 0 Å². The van der Waals surface area contributed by atoms with Gasteiger partial charge in [-0.15, -0.1) is 0 Å². The number of rotatable bonds is 4. The molecule has 0 aliphatic heterocycles. The van der Waals surface area contributed by atoms with Crippen LogP contribution in [0.5, 0.6) is 5.75 Å². The number of aliphatic hydroxyl groups is 1. The molecule has 2 nitrogen and oxygen atoms in total. The highest BCUT2D eigenvalue weighted by Crippen LogP contribution is 2.28. The van der Waals surface area contributed by atoms with Gasteiger partial charge in [-0.1, -0.05) is 30.3 Å². The molecule has 1 N–H and O–H groups in total. The van der Waals surface area contributed by atoms with Crippen molar-refractivity contribution in [1.82, 2.24) is 0 Å². The first-order chi connectivity index (χ1) is 9.11. The van der Waals surface area contributed by atoms with E-state index in [1.165, 1.54) is 0 Å². The van der Waals surface area contributed by atoms with E-state index in [1.807, 2.05) is 56.3 Å². The van der Waals surface area contributed by atoms with Crippen molar-refractivity contribution < 1.29 is 9.84 Å². The van der Waals surface area contributed by atoms with Crippen LogP contribution in [0.4, 0.5) is 0 Å². The summed E-state index contributed by atoms with van der Waals surface area (Å²) in [6, 6.07) is 14.0. The number of hydrogen-bond acceptors (Lipinski definition) is 2. The average molecular weight is 256 g/mol. The summed E-state index contributed by atoms with van der Waals surface area (Å²) >= 11 is 0. The molecule has 0 fully saturated rings. The molecule has 2 aromatic rings. The zero-order valence-corrected chi connectivity index (χ0v) is 11.7. The van der Waals surface area contributed by atoms with E-state index in [1.54, 1.807) is 7.11 Å². The standard InChI is InChI=1S/C17H20O2/c1-12-9-15(10-13(2)17(12)19-3)16(18)11-14-7-5-4-6-8-14/h4-10,16,18H,11H2,1-3H3. The van der Waals surface area contributed by atoms with E-state index in [4.69, 9.17) is 4.74 Å². The van der Waals surface area contributed by atoms with Gasteiger partial charge >= 0.3 is 0 Å². The molecule has 0 radical (unpaired) electrons. The summed E-state index contributed by atoms with van der Waals surface area (Å²) in [5.41, 5.74) is 4.20. The molecule has 0 saturated carbocycles. The highest BCUT2D eigenvalue weighted by atomic mass is 16.5. The van der Waals surface area contributed by atoms with Gasteiger partial charge in [-0.2, -0.15) is 0 Å². The maximum absolute atomic E-state index is 10.3. The van der Waals surface area contributed by atoms with Crippen LogP contribution in [-0.2, 0) is 6.42 Å². The molecule has 0 amide bonds. The molecule has 2 heteroatoms. The molecule has 0 bridgehead atoms. The van der Waals surface area contributed by atoms with Gasteiger partial charge in [0.2, 0.25) is 0 Å². The van der Waals surface area contributed by atoms with Crippen molar-refractivity contribution in [3.05, 3.63) is 64.7 Å². The predicted molar refractivity (Wildman–Crippen MR) is 77.6 cm³/mol. The van der Waals surface area contributed by atoms with E-state index in [0.717, 1.165) is 28.0 Å². The normalized spacial score (nSPS) is 12.2. The van der Waals surface area contributed by atoms with Crippen molar-refractivity contribution >= 4 is 0 Å². The van der Waals surface area contributed by atoms with Crippen molar-refractivity contribution in [3.8, 4) is 5.75 Å². The van der Waals surface area contributed by atoms with Crippen LogP contribution < -0.4 is 4.74 Å². The monoisotopic (exact) mass is 256 g/mol. The minimum atomic E-state index is -0.481. The third-order valence-electron chi connectivity index (χ3n) is 3.34. The Hall–Kier alpha value is -1.80. The van der Waals surface area contributed by atoms with Crippen LogP contribution >= 0.6 is 0 Å². The predicted octanol–water partition coefficient (Wildman–Crippen LogP) is 3.59. The number of ether oxygens (including phenoxy) is 1. The Morgan fingerprint density at radius 2 is 1.63 bits per heavy atom. The molecule has 1 unspecified atom stereocenters. The van der Waals surface area contributed by atoms with Crippen LogP contribution in [0.15, 0.2) is 42.5 Å². The Balaban J connectivity index is 2.22. The fraction of sp³-hybridized carbons (Fsp3) is 0.294. The Morgan fingerprint density at radius 3 is 2.16 bits per heavy atom. The van der Waals surface area contributed by atoms with Crippen molar-refractivity contribution in [2.24, 2.45) is 0 Å². The Bertz CT molecular complexity index is 523. The van der Waals surface area contributed by atoms with Crippen molar-refractivity contribution in [2.45, 2.75) is 26.4 Å². The minimum absolute atomic E-state index is 0.481. The van der Waals surface area contributed by atoms with Gasteiger partial charge < -0.3 is 9.84 Å². The summed E-state index contributed by atoms with van der Waals surface area (Å²) in [6.07, 6.45) is 0.150. The number of methoxy groups -OCH3 is 1. The average Bonchev–Trinajstić information content (AvgIpc) is 2.39. The van der Waals surface area contributed by atoms with Gasteiger partial charge in [-0.05, 0) is 48.2 Å². The maximum Gasteiger partial charge on any atom is 0.124 e. The molecule has 2 aromatic carbocycles. The lowest BCUT2D eigenvalue weighted by molar-refractivity contribution is 0.178. The Labute approximate surface area is 114 Å². The summed E-state index contributed by atoms with van der Waals surface area (Å²) in [5.74, 6) is 0.899. The molecule has 0 aliphatic rings. The minimum Gasteiger partial charge on any atom is -0.496 e. The second kappa shape index (κ2) is 5.89. The van der Waals surface area contributed by atoms with Gasteiger partial charge in [-0.25, -0.2) is 0 Å². The summed E-state index contributed by atoms with van der Waals surface area (Å²) in [4.78, 5) is 0. The number of benzene rings is 2. The second-order valence-corrected chi connectivity index (χ2v) is 4.89. The topological polar surface area (TPSA) is 29.5 Å². The van der Waals surface area contributed by atoms with E-state index >= 15 is 0 Å². The SMILES string of the molecule is COc1c(C)cc(C(O)Cc2ccccc2)cc1C. The molecule has 0 saturated heterocycles. The maximum atomic E-state index is 10.3. The molecule has 0 aromatic heterocycles. The van der Waals surface area contributed by atoms with Crippen LogP contribution in [0.3, 0.4) is 0 Å². The van der Waals surface area contributed by atoms with Crippen LogP contribution in [0.1, 0.15) is 28.4 Å². The first-order valence-electron chi connectivity index (χ1n) is 6.49. The summed E-state index contributed by atoms with van der Waals surface area (Å²) in [6.45, 7) is 4.01. The number of aryl methyl sites for hydroxylation is 2. The fourth-order valence-corrected chi connectivity index (χ4v) is 2.45. The van der Waals surface area contributed by atoms with Gasteiger partial charge in [-0.3, -0.25) is 0 Å². The van der Waals surface area contributed by atoms with Gasteiger partial charge in [0.1, 0.15) is 5.75 Å². The lowest BCUT2D eigenvalue weighted by Gasteiger charge is -2.15. The van der Waals surface area contributed by atoms with E-state index in [9.17, 15) is 5.11 Å². The van der Waals surface area contributed by atoms with E-state index in [-0.39, 0.29) is 0 Å². The molecule has 100 valence electrons. The fourth-order valence-electron chi connectivity index (χ4n) is 2.45. The lowest BCUT2D eigenvalue weighted by atomic mass is 9.97. The lowest BCUT2D eigenvalue weighted by Crippen LogP contribution is -2.03.